The maximum Gasteiger partial charge on any atom is 0.256 e. The van der Waals surface area contributed by atoms with Crippen molar-refractivity contribution in [3.8, 4) is 0 Å². The molecule has 2 aromatic rings. The van der Waals surface area contributed by atoms with E-state index >= 15 is 0 Å². The van der Waals surface area contributed by atoms with Gasteiger partial charge in [0.2, 0.25) is 0 Å². The van der Waals surface area contributed by atoms with Crippen molar-refractivity contribution in [2.24, 2.45) is 0 Å². The number of thiocarbonyl (C=S) groups is 1. The molecule has 0 unspecified atom stereocenters. The van der Waals surface area contributed by atoms with Gasteiger partial charge in [-0.25, -0.2) is 0 Å². The van der Waals surface area contributed by atoms with Gasteiger partial charge in [-0.1, -0.05) is 48.0 Å². The van der Waals surface area contributed by atoms with Crippen molar-refractivity contribution in [1.29, 1.82) is 0 Å². The van der Waals surface area contributed by atoms with Gasteiger partial charge in [-0.05, 0) is 36.8 Å². The predicted molar refractivity (Wildman–Crippen MR) is 88.3 cm³/mol. The van der Waals surface area contributed by atoms with Gasteiger partial charge >= 0.3 is 0 Å². The van der Waals surface area contributed by atoms with Crippen LogP contribution in [0, 0.1) is 6.92 Å². The van der Waals surface area contributed by atoms with Crippen molar-refractivity contribution in [3.05, 3.63) is 65.7 Å². The van der Waals surface area contributed by atoms with Crippen molar-refractivity contribution in [2.45, 2.75) is 19.4 Å². The van der Waals surface area contributed by atoms with Crippen LogP contribution in [0.2, 0.25) is 0 Å². The minimum atomic E-state index is -0.291. The van der Waals surface area contributed by atoms with Crippen LogP contribution in [-0.4, -0.2) is 17.1 Å². The number of nitrogens with one attached hydrogen (secondary N) is 1. The number of carbonyl (C=O) groups excluding carboxylic acids is 1. The first-order chi connectivity index (χ1) is 10.1. The van der Waals surface area contributed by atoms with Gasteiger partial charge in [0.15, 0.2) is 5.11 Å². The number of hydrogen-bond acceptors (Lipinski definition) is 2. The Hall–Kier alpha value is -2.20. The second-order valence-corrected chi connectivity index (χ2v) is 5.59. The van der Waals surface area contributed by atoms with Gasteiger partial charge in [0, 0.05) is 6.42 Å². The third-order valence-electron chi connectivity index (χ3n) is 3.59. The van der Waals surface area contributed by atoms with E-state index in [1.807, 2.05) is 61.5 Å². The summed E-state index contributed by atoms with van der Waals surface area (Å²) in [5, 5.41) is 3.60. The molecule has 2 aromatic carbocycles. The highest BCUT2D eigenvalue weighted by molar-refractivity contribution is 7.80. The van der Waals surface area contributed by atoms with Crippen LogP contribution < -0.4 is 10.2 Å². The van der Waals surface area contributed by atoms with E-state index in [9.17, 15) is 4.79 Å². The number of carbonyl (C=O) groups is 1. The lowest BCUT2D eigenvalue weighted by Crippen LogP contribution is -2.32. The molecule has 0 radical (unpaired) electrons. The highest BCUT2D eigenvalue weighted by atomic mass is 32.1. The molecule has 106 valence electrons. The van der Waals surface area contributed by atoms with E-state index in [4.69, 9.17) is 12.2 Å². The van der Waals surface area contributed by atoms with E-state index in [0.29, 0.717) is 11.5 Å². The van der Waals surface area contributed by atoms with E-state index in [0.717, 1.165) is 16.8 Å². The zero-order valence-corrected chi connectivity index (χ0v) is 12.6. The molecule has 0 aromatic heterocycles. The molecule has 3 rings (SSSR count). The summed E-state index contributed by atoms with van der Waals surface area (Å²) in [7, 11) is 0. The fourth-order valence-electron chi connectivity index (χ4n) is 2.46. The number of aryl methyl sites for hydroxylation is 1. The number of benzene rings is 2. The molecule has 21 heavy (non-hydrogen) atoms. The Labute approximate surface area is 129 Å². The molecule has 3 nitrogen and oxygen atoms in total. The van der Waals surface area contributed by atoms with Crippen LogP contribution in [0.4, 0.5) is 5.69 Å². The topological polar surface area (TPSA) is 32.3 Å². The number of amides is 1. The Morgan fingerprint density at radius 3 is 2.43 bits per heavy atom. The molecule has 4 heteroatoms. The van der Waals surface area contributed by atoms with Gasteiger partial charge in [0.05, 0.1) is 5.69 Å². The Morgan fingerprint density at radius 2 is 1.76 bits per heavy atom. The van der Waals surface area contributed by atoms with Crippen LogP contribution in [0.25, 0.3) is 0 Å². The molecule has 1 saturated heterocycles. The quantitative estimate of drug-likeness (QED) is 0.884. The van der Waals surface area contributed by atoms with Gasteiger partial charge in [0.1, 0.15) is 6.04 Å². The number of nitrogens with zero attached hydrogens (tertiary/aromatic N) is 1. The fourth-order valence-corrected chi connectivity index (χ4v) is 2.80. The Balaban J connectivity index is 1.80. The largest absolute Gasteiger partial charge is 0.350 e. The summed E-state index contributed by atoms with van der Waals surface area (Å²) >= 11 is 5.32. The van der Waals surface area contributed by atoms with Crippen LogP contribution >= 0.6 is 12.2 Å². The average molecular weight is 296 g/mol. The van der Waals surface area contributed by atoms with E-state index < -0.39 is 0 Å². The van der Waals surface area contributed by atoms with Gasteiger partial charge < -0.3 is 5.32 Å². The molecule has 0 aliphatic carbocycles. The predicted octanol–water partition coefficient (Wildman–Crippen LogP) is 2.83. The van der Waals surface area contributed by atoms with Crippen molar-refractivity contribution in [2.75, 3.05) is 4.90 Å². The summed E-state index contributed by atoms with van der Waals surface area (Å²) in [5.74, 6) is 0.00714. The lowest BCUT2D eigenvalue weighted by molar-refractivity contribution is -0.118. The molecule has 1 fully saturated rings. The smallest absolute Gasteiger partial charge is 0.256 e. The molecule has 1 amide bonds. The summed E-state index contributed by atoms with van der Waals surface area (Å²) in [6.45, 7) is 2.02. The first-order valence-corrected chi connectivity index (χ1v) is 7.31. The molecule has 1 heterocycles. The van der Waals surface area contributed by atoms with Gasteiger partial charge in [-0.3, -0.25) is 9.69 Å². The Bertz CT molecular complexity index is 667. The van der Waals surface area contributed by atoms with Crippen molar-refractivity contribution in [1.82, 2.24) is 5.32 Å². The highest BCUT2D eigenvalue weighted by Crippen LogP contribution is 2.21. The van der Waals surface area contributed by atoms with E-state index in [1.165, 1.54) is 0 Å². The second-order valence-electron chi connectivity index (χ2n) is 5.20. The number of hydrogen-bond donors (Lipinski definition) is 1. The second kappa shape index (κ2) is 5.66. The van der Waals surface area contributed by atoms with Crippen LogP contribution in [0.3, 0.4) is 0 Å². The minimum Gasteiger partial charge on any atom is -0.350 e. The molecule has 0 saturated carbocycles. The normalized spacial score (nSPS) is 18.0. The summed E-state index contributed by atoms with van der Waals surface area (Å²) < 4.78 is 0. The molecule has 1 N–H and O–H groups in total. The average Bonchev–Trinajstić information content (AvgIpc) is 2.76. The van der Waals surface area contributed by atoms with Crippen molar-refractivity contribution < 1.29 is 4.79 Å². The first-order valence-electron chi connectivity index (χ1n) is 6.90. The van der Waals surface area contributed by atoms with E-state index in [2.05, 4.69) is 5.32 Å². The van der Waals surface area contributed by atoms with Crippen LogP contribution in [-0.2, 0) is 11.2 Å². The lowest BCUT2D eigenvalue weighted by atomic mass is 10.1. The summed E-state index contributed by atoms with van der Waals surface area (Å²) in [4.78, 5) is 14.2. The molecule has 1 aliphatic heterocycles. The SMILES string of the molecule is Cc1ccc(N2C(=O)[C@@H](Cc3ccccc3)NC2=S)cc1. The molecular formula is C17H16N2OS. The van der Waals surface area contributed by atoms with Crippen molar-refractivity contribution in [3.63, 3.8) is 0 Å². The molecular weight excluding hydrogens is 280 g/mol. The number of anilines is 1. The van der Waals surface area contributed by atoms with Crippen LogP contribution in [0.15, 0.2) is 54.6 Å². The maximum absolute atomic E-state index is 12.6. The molecule has 1 aliphatic rings. The number of rotatable bonds is 3. The first kappa shape index (κ1) is 13.8. The highest BCUT2D eigenvalue weighted by Gasteiger charge is 2.36. The van der Waals surface area contributed by atoms with E-state index in [1.54, 1.807) is 4.90 Å². The minimum absolute atomic E-state index is 0.00714. The van der Waals surface area contributed by atoms with Gasteiger partial charge in [-0.15, -0.1) is 0 Å². The Morgan fingerprint density at radius 1 is 1.10 bits per heavy atom. The lowest BCUT2D eigenvalue weighted by Gasteiger charge is -2.15. The standard InChI is InChI=1S/C17H16N2OS/c1-12-7-9-14(10-8-12)19-16(20)15(18-17(19)21)11-13-5-3-2-4-6-13/h2-10,15H,11H2,1H3,(H,18,21)/t15-/m1/s1. The zero-order valence-electron chi connectivity index (χ0n) is 11.7. The monoisotopic (exact) mass is 296 g/mol. The third-order valence-corrected chi connectivity index (χ3v) is 3.89. The maximum atomic E-state index is 12.6. The molecule has 1 atom stereocenters. The summed E-state index contributed by atoms with van der Waals surface area (Å²) in [6, 6.07) is 17.5. The zero-order chi connectivity index (χ0) is 14.8. The van der Waals surface area contributed by atoms with Gasteiger partial charge in [0.25, 0.3) is 5.91 Å². The molecule has 0 spiro atoms. The summed E-state index contributed by atoms with van der Waals surface area (Å²) in [6.07, 6.45) is 0.641. The fraction of sp³-hybridized carbons (Fsp3) is 0.176. The van der Waals surface area contributed by atoms with Crippen LogP contribution in [0.5, 0.6) is 0 Å². The third kappa shape index (κ3) is 2.81. The van der Waals surface area contributed by atoms with Crippen molar-refractivity contribution >= 4 is 28.9 Å². The molecule has 0 bridgehead atoms. The Kier molecular flexibility index (Phi) is 3.71. The summed E-state index contributed by atoms with van der Waals surface area (Å²) in [5.41, 5.74) is 3.10. The van der Waals surface area contributed by atoms with E-state index in [-0.39, 0.29) is 11.9 Å². The van der Waals surface area contributed by atoms with Crippen LogP contribution in [0.1, 0.15) is 11.1 Å². The van der Waals surface area contributed by atoms with Gasteiger partial charge in [-0.2, -0.15) is 0 Å².